The molecule has 0 aliphatic rings. The molecule has 9 heteroatoms. The summed E-state index contributed by atoms with van der Waals surface area (Å²) >= 11 is 0. The maximum Gasteiger partial charge on any atom is 2.00 e. The third kappa shape index (κ3) is 8.35. The number of benzene rings is 1. The Labute approximate surface area is 140 Å². The summed E-state index contributed by atoms with van der Waals surface area (Å²) in [6.07, 6.45) is 0. The maximum absolute atomic E-state index is 10.5. The van der Waals surface area contributed by atoms with Gasteiger partial charge in [-0.3, -0.25) is 9.11 Å². The fraction of sp³-hybridized carbons (Fsp3) is 0.250. The van der Waals surface area contributed by atoms with Crippen molar-refractivity contribution in [3.63, 3.8) is 0 Å². The largest absolute Gasteiger partial charge is 2.00 e. The third-order valence-electron chi connectivity index (χ3n) is 1.72. The van der Waals surface area contributed by atoms with E-state index in [4.69, 9.17) is 9.11 Å². The fourth-order valence-corrected chi connectivity index (χ4v) is 2.38. The molecule has 0 saturated carbocycles. The Morgan fingerprint density at radius 3 is 1.18 bits per heavy atom. The molecule has 1 aromatic rings. The molecule has 0 unspecified atom stereocenters. The van der Waals surface area contributed by atoms with Gasteiger partial charge in [-0.05, 0) is 11.1 Å². The van der Waals surface area contributed by atoms with Crippen molar-refractivity contribution in [1.29, 1.82) is 0 Å². The summed E-state index contributed by atoms with van der Waals surface area (Å²) < 4.78 is 59.3. The van der Waals surface area contributed by atoms with Gasteiger partial charge in [-0.15, -0.1) is 0 Å². The first-order valence-electron chi connectivity index (χ1n) is 4.14. The van der Waals surface area contributed by atoms with Gasteiger partial charge in [0.2, 0.25) is 0 Å². The summed E-state index contributed by atoms with van der Waals surface area (Å²) in [5.74, 6) is -1.06. The van der Waals surface area contributed by atoms with Crippen LogP contribution in [0.1, 0.15) is 11.1 Å². The smallest absolute Gasteiger partial charge is 0.285 e. The zero-order valence-electron chi connectivity index (χ0n) is 8.77. The van der Waals surface area contributed by atoms with Crippen LogP contribution >= 0.6 is 0 Å². The Bertz CT molecular complexity index is 508. The molecule has 1 aromatic carbocycles. The van der Waals surface area contributed by atoms with Crippen molar-refractivity contribution in [2.75, 3.05) is 0 Å². The minimum absolute atomic E-state index is 0. The Kier molecular flexibility index (Phi) is 6.92. The van der Waals surface area contributed by atoms with E-state index in [9.17, 15) is 16.8 Å². The second-order valence-electron chi connectivity index (χ2n) is 3.27. The van der Waals surface area contributed by atoms with Crippen molar-refractivity contribution in [1.82, 2.24) is 0 Å². The zero-order valence-corrected chi connectivity index (χ0v) is 14.8. The molecule has 17 heavy (non-hydrogen) atoms. The average molecular weight is 404 g/mol. The van der Waals surface area contributed by atoms with E-state index >= 15 is 0 Å². The van der Waals surface area contributed by atoms with Crippen LogP contribution < -0.4 is 0 Å². The van der Waals surface area contributed by atoms with Gasteiger partial charge in [0.05, 0.1) is 0 Å². The van der Waals surface area contributed by atoms with E-state index in [1.165, 1.54) is 24.3 Å². The quantitative estimate of drug-likeness (QED) is 0.544. The van der Waals surface area contributed by atoms with Gasteiger partial charge in [-0.1, -0.05) is 24.3 Å². The fourth-order valence-electron chi connectivity index (χ4n) is 1.15. The van der Waals surface area contributed by atoms with Crippen LogP contribution in [0.3, 0.4) is 0 Å². The Hall–Kier alpha value is 0.611. The molecular formula is C8H10BaO6S2+2. The van der Waals surface area contributed by atoms with Crippen LogP contribution in [0.4, 0.5) is 0 Å². The predicted octanol–water partition coefficient (Wildman–Crippen LogP) is 0.0814. The summed E-state index contributed by atoms with van der Waals surface area (Å²) in [4.78, 5) is 0. The number of rotatable bonds is 4. The molecule has 0 atom stereocenters. The Morgan fingerprint density at radius 1 is 0.765 bits per heavy atom. The van der Waals surface area contributed by atoms with Crippen molar-refractivity contribution < 1.29 is 25.9 Å². The van der Waals surface area contributed by atoms with Gasteiger partial charge in [-0.25, -0.2) is 0 Å². The molecule has 0 amide bonds. The zero-order chi connectivity index (χ0) is 12.4. The van der Waals surface area contributed by atoms with Crippen molar-refractivity contribution in [2.24, 2.45) is 0 Å². The van der Waals surface area contributed by atoms with E-state index < -0.39 is 31.7 Å². The van der Waals surface area contributed by atoms with Gasteiger partial charge in [0.1, 0.15) is 11.5 Å². The standard InChI is InChI=1S/C8H10O6S2.Ba/c9-15(10,11)5-7-1-2-8(4-3-7)6-16(12,13)14;/h1-4H,5-6H2,(H,9,10,11)(H,12,13,14);/q;+2. The predicted molar refractivity (Wildman–Crippen MR) is 62.7 cm³/mol. The van der Waals surface area contributed by atoms with Crippen molar-refractivity contribution in [3.05, 3.63) is 35.4 Å². The molecule has 0 aliphatic carbocycles. The maximum atomic E-state index is 10.5. The molecule has 0 spiro atoms. The van der Waals surface area contributed by atoms with Crippen molar-refractivity contribution >= 4 is 69.1 Å². The van der Waals surface area contributed by atoms with Gasteiger partial charge in [0.25, 0.3) is 20.2 Å². The van der Waals surface area contributed by atoms with Crippen LogP contribution in [0.5, 0.6) is 0 Å². The van der Waals surface area contributed by atoms with E-state index in [1.807, 2.05) is 0 Å². The minimum Gasteiger partial charge on any atom is -0.285 e. The molecule has 6 nitrogen and oxygen atoms in total. The molecule has 0 aromatic heterocycles. The molecule has 90 valence electrons. The van der Waals surface area contributed by atoms with Gasteiger partial charge < -0.3 is 0 Å². The number of hydrogen-bond donors (Lipinski definition) is 2. The molecule has 1 rings (SSSR count). The van der Waals surface area contributed by atoms with Gasteiger partial charge in [0, 0.05) is 0 Å². The first kappa shape index (κ1) is 17.6. The monoisotopic (exact) mass is 404 g/mol. The van der Waals surface area contributed by atoms with Gasteiger partial charge in [-0.2, -0.15) is 16.8 Å². The number of hydrogen-bond acceptors (Lipinski definition) is 4. The molecule has 0 radical (unpaired) electrons. The van der Waals surface area contributed by atoms with Crippen LogP contribution in [0.25, 0.3) is 0 Å². The van der Waals surface area contributed by atoms with E-state index in [-0.39, 0.29) is 48.9 Å². The molecule has 0 heterocycles. The van der Waals surface area contributed by atoms with Crippen molar-refractivity contribution in [2.45, 2.75) is 11.5 Å². The summed E-state index contributed by atoms with van der Waals surface area (Å²) in [5, 5.41) is 0. The van der Waals surface area contributed by atoms with Gasteiger partial charge in [0.15, 0.2) is 0 Å². The second-order valence-corrected chi connectivity index (χ2v) is 6.17. The second kappa shape index (κ2) is 6.68. The summed E-state index contributed by atoms with van der Waals surface area (Å²) in [7, 11) is -8.19. The Morgan fingerprint density at radius 2 is 1.00 bits per heavy atom. The van der Waals surface area contributed by atoms with Crippen LogP contribution in [0.2, 0.25) is 0 Å². The van der Waals surface area contributed by atoms with Crippen molar-refractivity contribution in [3.8, 4) is 0 Å². The van der Waals surface area contributed by atoms with E-state index in [0.29, 0.717) is 11.1 Å². The van der Waals surface area contributed by atoms with Crippen LogP contribution in [0, 0.1) is 0 Å². The Balaban J connectivity index is 0.00000256. The molecule has 0 aliphatic heterocycles. The first-order chi connectivity index (χ1) is 7.16. The van der Waals surface area contributed by atoms with Gasteiger partial charge >= 0.3 is 48.9 Å². The van der Waals surface area contributed by atoms with Crippen LogP contribution in [0.15, 0.2) is 24.3 Å². The summed E-state index contributed by atoms with van der Waals surface area (Å²) in [5.41, 5.74) is 0.670. The molecule has 2 N–H and O–H groups in total. The molecule has 0 bridgehead atoms. The van der Waals surface area contributed by atoms with E-state index in [0.717, 1.165) is 0 Å². The first-order valence-corrected chi connectivity index (χ1v) is 7.36. The van der Waals surface area contributed by atoms with E-state index in [2.05, 4.69) is 0 Å². The average Bonchev–Trinajstić information content (AvgIpc) is 2.03. The minimum atomic E-state index is -4.09. The van der Waals surface area contributed by atoms with E-state index in [1.54, 1.807) is 0 Å². The summed E-state index contributed by atoms with van der Waals surface area (Å²) in [6.45, 7) is 0. The van der Waals surface area contributed by atoms with Crippen LogP contribution in [-0.4, -0.2) is 74.8 Å². The SMILES string of the molecule is O=S(=O)(O)Cc1ccc(CS(=O)(=O)O)cc1.[Ba+2]. The third-order valence-corrected chi connectivity index (χ3v) is 3.12. The molecule has 0 fully saturated rings. The summed E-state index contributed by atoms with van der Waals surface area (Å²) in [6, 6.07) is 5.48. The molecule has 0 saturated heterocycles. The molecular weight excluding hydrogens is 394 g/mol. The van der Waals surface area contributed by atoms with Crippen LogP contribution in [-0.2, 0) is 31.7 Å². The topological polar surface area (TPSA) is 109 Å². The normalized spacial score (nSPS) is 11.9.